The molecule has 1 aromatic heterocycles. The van der Waals surface area contributed by atoms with Gasteiger partial charge in [-0.05, 0) is 77.0 Å². The number of ether oxygens (including phenoxy) is 2. The maximum Gasteiger partial charge on any atom is 0.272 e. The molecule has 2 heterocycles. The third kappa shape index (κ3) is 6.31. The van der Waals surface area contributed by atoms with Crippen LogP contribution in [0.15, 0.2) is 100 Å². The highest BCUT2D eigenvalue weighted by Gasteiger charge is 2.17. The van der Waals surface area contributed by atoms with E-state index in [9.17, 15) is 14.4 Å². The molecule has 1 aliphatic rings. The fraction of sp³-hybridized carbons (Fsp3) is 0.0690. The zero-order chi connectivity index (χ0) is 26.3. The van der Waals surface area contributed by atoms with Crippen molar-refractivity contribution in [1.29, 1.82) is 0 Å². The minimum atomic E-state index is -0.459. The number of hydrogen-bond acceptors (Lipinski definition) is 7. The highest BCUT2D eigenvalue weighted by Crippen LogP contribution is 2.33. The van der Waals surface area contributed by atoms with E-state index in [0.717, 1.165) is 10.5 Å². The lowest BCUT2D eigenvalue weighted by Crippen LogP contribution is -2.30. The molecular formula is C29H22N2O5S2. The Bertz CT molecular complexity index is 1500. The summed E-state index contributed by atoms with van der Waals surface area (Å²) < 4.78 is 10.7. The summed E-state index contributed by atoms with van der Waals surface area (Å²) in [6, 6.07) is 22.9. The van der Waals surface area contributed by atoms with Crippen molar-refractivity contribution in [2.75, 3.05) is 17.9 Å². The maximum atomic E-state index is 13.2. The summed E-state index contributed by atoms with van der Waals surface area (Å²) in [5, 5.41) is 9.36. The van der Waals surface area contributed by atoms with Crippen LogP contribution < -0.4 is 20.1 Å². The summed E-state index contributed by atoms with van der Waals surface area (Å²) in [7, 11) is 0. The second kappa shape index (κ2) is 11.8. The standard InChI is InChI=1S/C29H22N2O5S2/c32-25(21-9-10-26-27(14-21)36-18-35-26)17-38-23-8-4-7-22(15-23)30-29(34)24(13-19-11-12-37-16-19)31-28(33)20-5-2-1-3-6-20/h1-16H,17-18H2,(H,30,34)(H,31,33)/b24-13-. The number of ketones is 1. The monoisotopic (exact) mass is 542 g/mol. The Morgan fingerprint density at radius 1 is 0.895 bits per heavy atom. The van der Waals surface area contributed by atoms with Gasteiger partial charge >= 0.3 is 0 Å². The molecule has 1 aliphatic heterocycles. The van der Waals surface area contributed by atoms with E-state index < -0.39 is 5.91 Å². The summed E-state index contributed by atoms with van der Waals surface area (Å²) in [6.07, 6.45) is 1.63. The molecule has 0 unspecified atom stereocenters. The van der Waals surface area contributed by atoms with E-state index in [0.29, 0.717) is 28.3 Å². The number of carbonyl (C=O) groups is 3. The maximum absolute atomic E-state index is 13.2. The average Bonchev–Trinajstić information content (AvgIpc) is 3.64. The van der Waals surface area contributed by atoms with Crippen molar-refractivity contribution < 1.29 is 23.9 Å². The number of Topliss-reactive ketones (excluding diaryl/α,β-unsaturated/α-hetero) is 1. The predicted octanol–water partition coefficient (Wildman–Crippen LogP) is 5.86. The molecule has 4 aromatic rings. The molecule has 0 atom stereocenters. The van der Waals surface area contributed by atoms with E-state index in [1.807, 2.05) is 29.0 Å². The van der Waals surface area contributed by atoms with E-state index in [1.165, 1.54) is 23.1 Å². The van der Waals surface area contributed by atoms with Gasteiger partial charge in [0.25, 0.3) is 11.8 Å². The third-order valence-corrected chi connectivity index (χ3v) is 7.23. The van der Waals surface area contributed by atoms with Crippen LogP contribution in [-0.2, 0) is 4.79 Å². The van der Waals surface area contributed by atoms with Gasteiger partial charge in [0.15, 0.2) is 17.3 Å². The number of anilines is 1. The quantitative estimate of drug-likeness (QED) is 0.156. The Kier molecular flexibility index (Phi) is 7.86. The van der Waals surface area contributed by atoms with Crippen LogP contribution in [0.3, 0.4) is 0 Å². The lowest BCUT2D eigenvalue weighted by atomic mass is 10.1. The number of nitrogens with one attached hydrogen (secondary N) is 2. The molecule has 0 spiro atoms. The largest absolute Gasteiger partial charge is 0.454 e. The summed E-state index contributed by atoms with van der Waals surface area (Å²) in [5.41, 5.74) is 2.46. The second-order valence-electron chi connectivity index (χ2n) is 8.20. The minimum absolute atomic E-state index is 0.0488. The fourth-order valence-electron chi connectivity index (χ4n) is 3.63. The lowest BCUT2D eigenvalue weighted by molar-refractivity contribution is -0.113. The highest BCUT2D eigenvalue weighted by molar-refractivity contribution is 8.00. The van der Waals surface area contributed by atoms with Gasteiger partial charge in [-0.1, -0.05) is 24.3 Å². The van der Waals surface area contributed by atoms with Crippen LogP contribution >= 0.6 is 23.1 Å². The van der Waals surface area contributed by atoms with E-state index >= 15 is 0 Å². The van der Waals surface area contributed by atoms with Gasteiger partial charge in [-0.15, -0.1) is 11.8 Å². The number of thiophene rings is 1. The number of benzene rings is 3. The Hall–Kier alpha value is -4.34. The van der Waals surface area contributed by atoms with E-state index in [2.05, 4.69) is 10.6 Å². The van der Waals surface area contributed by atoms with Crippen molar-refractivity contribution in [1.82, 2.24) is 5.32 Å². The molecule has 38 heavy (non-hydrogen) atoms. The number of amides is 2. The van der Waals surface area contributed by atoms with Crippen LogP contribution in [0.1, 0.15) is 26.3 Å². The smallest absolute Gasteiger partial charge is 0.272 e. The van der Waals surface area contributed by atoms with Crippen LogP contribution in [-0.4, -0.2) is 30.1 Å². The van der Waals surface area contributed by atoms with Crippen molar-refractivity contribution in [2.45, 2.75) is 4.90 Å². The summed E-state index contributed by atoms with van der Waals surface area (Å²) in [4.78, 5) is 39.5. The van der Waals surface area contributed by atoms with Crippen LogP contribution in [0.4, 0.5) is 5.69 Å². The number of carbonyl (C=O) groups excluding carboxylic acids is 3. The molecular weight excluding hydrogens is 520 g/mol. The van der Waals surface area contributed by atoms with Gasteiger partial charge < -0.3 is 20.1 Å². The van der Waals surface area contributed by atoms with Gasteiger partial charge in [-0.2, -0.15) is 11.3 Å². The van der Waals surface area contributed by atoms with Crippen LogP contribution in [0.2, 0.25) is 0 Å². The molecule has 3 aromatic carbocycles. The number of thioether (sulfide) groups is 1. The molecule has 190 valence electrons. The first kappa shape index (κ1) is 25.3. The summed E-state index contributed by atoms with van der Waals surface area (Å²) in [6.45, 7) is 0.153. The Morgan fingerprint density at radius 2 is 1.74 bits per heavy atom. The first-order chi connectivity index (χ1) is 18.5. The van der Waals surface area contributed by atoms with E-state index in [1.54, 1.807) is 66.7 Å². The van der Waals surface area contributed by atoms with Crippen molar-refractivity contribution in [3.8, 4) is 11.5 Å². The zero-order valence-corrected chi connectivity index (χ0v) is 21.6. The predicted molar refractivity (Wildman–Crippen MR) is 149 cm³/mol. The zero-order valence-electron chi connectivity index (χ0n) is 20.0. The van der Waals surface area contributed by atoms with Gasteiger partial charge in [0.05, 0.1) is 5.75 Å². The molecule has 0 aliphatic carbocycles. The van der Waals surface area contributed by atoms with E-state index in [-0.39, 0.29) is 29.9 Å². The molecule has 0 saturated carbocycles. The van der Waals surface area contributed by atoms with Crippen molar-refractivity contribution >= 4 is 52.5 Å². The van der Waals surface area contributed by atoms with Gasteiger partial charge in [0, 0.05) is 21.7 Å². The van der Waals surface area contributed by atoms with Crippen molar-refractivity contribution in [3.05, 3.63) is 112 Å². The van der Waals surface area contributed by atoms with Gasteiger partial charge in [0.1, 0.15) is 5.70 Å². The van der Waals surface area contributed by atoms with Crippen molar-refractivity contribution in [2.24, 2.45) is 0 Å². The Morgan fingerprint density at radius 3 is 2.55 bits per heavy atom. The summed E-state index contributed by atoms with van der Waals surface area (Å²) in [5.74, 6) is 0.522. The molecule has 0 saturated heterocycles. The average molecular weight is 543 g/mol. The number of fused-ring (bicyclic) bond motifs is 1. The van der Waals surface area contributed by atoms with Gasteiger partial charge in [-0.3, -0.25) is 14.4 Å². The molecule has 5 rings (SSSR count). The SMILES string of the molecule is O=C(Nc1cccc(SCC(=O)c2ccc3c(c2)OCO3)c1)/C(=C/c1ccsc1)NC(=O)c1ccccc1. The lowest BCUT2D eigenvalue weighted by Gasteiger charge is -2.12. The molecule has 0 bridgehead atoms. The van der Waals surface area contributed by atoms with Crippen LogP contribution in [0, 0.1) is 0 Å². The van der Waals surface area contributed by atoms with Gasteiger partial charge in [0.2, 0.25) is 6.79 Å². The fourth-order valence-corrected chi connectivity index (χ4v) is 5.10. The molecule has 7 nitrogen and oxygen atoms in total. The van der Waals surface area contributed by atoms with E-state index in [4.69, 9.17) is 9.47 Å². The second-order valence-corrected chi connectivity index (χ2v) is 10.0. The molecule has 2 amide bonds. The normalized spacial score (nSPS) is 12.2. The molecule has 0 fully saturated rings. The molecule has 0 radical (unpaired) electrons. The van der Waals surface area contributed by atoms with Gasteiger partial charge in [-0.25, -0.2) is 0 Å². The Labute approximate surface area is 227 Å². The van der Waals surface area contributed by atoms with Crippen LogP contribution in [0.25, 0.3) is 6.08 Å². The third-order valence-electron chi connectivity index (χ3n) is 5.54. The van der Waals surface area contributed by atoms with Crippen LogP contribution in [0.5, 0.6) is 11.5 Å². The topological polar surface area (TPSA) is 93.7 Å². The first-order valence-corrected chi connectivity index (χ1v) is 13.6. The highest BCUT2D eigenvalue weighted by atomic mass is 32.2. The summed E-state index contributed by atoms with van der Waals surface area (Å²) >= 11 is 2.86. The number of rotatable bonds is 9. The molecule has 9 heteroatoms. The first-order valence-electron chi connectivity index (χ1n) is 11.6. The molecule has 2 N–H and O–H groups in total. The Balaban J connectivity index is 1.25. The number of hydrogen-bond donors (Lipinski definition) is 2. The minimum Gasteiger partial charge on any atom is -0.454 e. The van der Waals surface area contributed by atoms with Crippen molar-refractivity contribution in [3.63, 3.8) is 0 Å².